The number of nitrogen functional groups attached to an aromatic ring is 1. The molecule has 0 amide bonds. The SMILES string of the molecule is COC1(CNc2ncnc(N)c2Cl)CCC1. The Balaban J connectivity index is 2.02. The molecule has 0 bridgehead atoms. The number of nitrogens with two attached hydrogens (primary N) is 1. The van der Waals surface area contributed by atoms with Crippen molar-refractivity contribution < 1.29 is 4.74 Å². The van der Waals surface area contributed by atoms with Gasteiger partial charge in [0.2, 0.25) is 0 Å². The molecule has 1 aliphatic rings. The number of anilines is 2. The molecule has 1 aliphatic carbocycles. The minimum Gasteiger partial charge on any atom is -0.382 e. The van der Waals surface area contributed by atoms with Gasteiger partial charge in [0.15, 0.2) is 5.82 Å². The highest BCUT2D eigenvalue weighted by atomic mass is 35.5. The number of hydrogen-bond acceptors (Lipinski definition) is 5. The van der Waals surface area contributed by atoms with Crippen molar-refractivity contribution in [3.63, 3.8) is 0 Å². The number of aromatic nitrogens is 2. The summed E-state index contributed by atoms with van der Waals surface area (Å²) < 4.78 is 5.49. The van der Waals surface area contributed by atoms with E-state index in [-0.39, 0.29) is 5.60 Å². The summed E-state index contributed by atoms with van der Waals surface area (Å²) in [6.07, 6.45) is 4.72. The molecule has 5 nitrogen and oxygen atoms in total. The summed E-state index contributed by atoms with van der Waals surface area (Å²) >= 11 is 5.97. The summed E-state index contributed by atoms with van der Waals surface area (Å²) in [6, 6.07) is 0. The zero-order valence-electron chi connectivity index (χ0n) is 9.16. The molecule has 88 valence electrons. The highest BCUT2D eigenvalue weighted by Crippen LogP contribution is 2.35. The maximum atomic E-state index is 5.97. The van der Waals surface area contributed by atoms with Crippen LogP contribution in [0.4, 0.5) is 11.6 Å². The average molecular weight is 243 g/mol. The molecule has 3 N–H and O–H groups in total. The van der Waals surface area contributed by atoms with E-state index in [4.69, 9.17) is 22.1 Å². The fraction of sp³-hybridized carbons (Fsp3) is 0.600. The summed E-state index contributed by atoms with van der Waals surface area (Å²) in [5.74, 6) is 0.858. The molecule has 0 atom stereocenters. The number of nitrogens with zero attached hydrogens (tertiary/aromatic N) is 2. The molecule has 0 spiro atoms. The van der Waals surface area contributed by atoms with E-state index in [0.29, 0.717) is 23.2 Å². The third kappa shape index (κ3) is 2.05. The molecule has 0 aromatic carbocycles. The second-order valence-corrected chi connectivity index (χ2v) is 4.39. The third-order valence-electron chi connectivity index (χ3n) is 3.09. The molecule has 16 heavy (non-hydrogen) atoms. The van der Waals surface area contributed by atoms with Crippen molar-refractivity contribution in [3.8, 4) is 0 Å². The minimum atomic E-state index is -0.0664. The Kier molecular flexibility index (Phi) is 3.16. The van der Waals surface area contributed by atoms with E-state index in [2.05, 4.69) is 15.3 Å². The first-order chi connectivity index (χ1) is 7.67. The molecule has 0 aliphatic heterocycles. The van der Waals surface area contributed by atoms with Crippen LogP contribution in [0.2, 0.25) is 5.02 Å². The molecule has 0 radical (unpaired) electrons. The van der Waals surface area contributed by atoms with Gasteiger partial charge in [-0.2, -0.15) is 0 Å². The molecule has 1 heterocycles. The molecule has 0 saturated heterocycles. The summed E-state index contributed by atoms with van der Waals surface area (Å²) in [5, 5.41) is 3.53. The maximum absolute atomic E-state index is 5.97. The first kappa shape index (κ1) is 11.4. The van der Waals surface area contributed by atoms with Gasteiger partial charge in [-0.05, 0) is 19.3 Å². The maximum Gasteiger partial charge on any atom is 0.150 e. The van der Waals surface area contributed by atoms with Crippen molar-refractivity contribution in [2.24, 2.45) is 0 Å². The van der Waals surface area contributed by atoms with E-state index in [0.717, 1.165) is 12.8 Å². The average Bonchev–Trinajstić information content (AvgIpc) is 2.23. The molecule has 0 unspecified atom stereocenters. The molecular formula is C10H15ClN4O. The predicted molar refractivity (Wildman–Crippen MR) is 63.5 cm³/mol. The van der Waals surface area contributed by atoms with E-state index in [1.165, 1.54) is 12.7 Å². The summed E-state index contributed by atoms with van der Waals surface area (Å²) in [6.45, 7) is 0.694. The van der Waals surface area contributed by atoms with Gasteiger partial charge in [0.05, 0.1) is 5.60 Å². The van der Waals surface area contributed by atoms with Crippen molar-refractivity contribution in [2.45, 2.75) is 24.9 Å². The molecule has 6 heteroatoms. The van der Waals surface area contributed by atoms with Crippen LogP contribution in [-0.4, -0.2) is 29.2 Å². The van der Waals surface area contributed by atoms with Gasteiger partial charge in [-0.3, -0.25) is 0 Å². The molecule has 1 fully saturated rings. The Hall–Kier alpha value is -1.07. The van der Waals surface area contributed by atoms with Crippen molar-refractivity contribution in [3.05, 3.63) is 11.3 Å². The zero-order chi connectivity index (χ0) is 11.6. The van der Waals surface area contributed by atoms with Gasteiger partial charge in [0, 0.05) is 13.7 Å². The number of hydrogen-bond donors (Lipinski definition) is 2. The Bertz CT molecular complexity index is 376. The molecule has 1 saturated carbocycles. The highest BCUT2D eigenvalue weighted by molar-refractivity contribution is 6.35. The fourth-order valence-corrected chi connectivity index (χ4v) is 1.94. The first-order valence-electron chi connectivity index (χ1n) is 5.22. The number of ether oxygens (including phenoxy) is 1. The van der Waals surface area contributed by atoms with Crippen molar-refractivity contribution in [1.82, 2.24) is 9.97 Å². The predicted octanol–water partition coefficient (Wildman–Crippen LogP) is 1.69. The van der Waals surface area contributed by atoms with Crippen molar-refractivity contribution in [1.29, 1.82) is 0 Å². The molecule has 1 aromatic heterocycles. The molecule has 2 rings (SSSR count). The van der Waals surface area contributed by atoms with Crippen LogP contribution in [0.1, 0.15) is 19.3 Å². The number of nitrogens with one attached hydrogen (secondary N) is 1. The number of methoxy groups -OCH3 is 1. The molecule has 1 aromatic rings. The van der Waals surface area contributed by atoms with Gasteiger partial charge in [-0.15, -0.1) is 0 Å². The van der Waals surface area contributed by atoms with Gasteiger partial charge < -0.3 is 15.8 Å². The third-order valence-corrected chi connectivity index (χ3v) is 3.46. The number of halogens is 1. The number of rotatable bonds is 4. The van der Waals surface area contributed by atoms with E-state index >= 15 is 0 Å². The van der Waals surface area contributed by atoms with Crippen molar-refractivity contribution in [2.75, 3.05) is 24.7 Å². The standard InChI is InChI=1S/C10H15ClN4O/c1-16-10(3-2-4-10)5-13-9-7(11)8(12)14-6-15-9/h6H,2-5H2,1H3,(H3,12,13,14,15). The van der Waals surface area contributed by atoms with Crippen LogP contribution in [0, 0.1) is 0 Å². The smallest absolute Gasteiger partial charge is 0.150 e. The first-order valence-corrected chi connectivity index (χ1v) is 5.60. The van der Waals surface area contributed by atoms with Gasteiger partial charge in [0.25, 0.3) is 0 Å². The topological polar surface area (TPSA) is 73.1 Å². The van der Waals surface area contributed by atoms with E-state index < -0.39 is 0 Å². The lowest BCUT2D eigenvalue weighted by molar-refractivity contribution is -0.0601. The monoisotopic (exact) mass is 242 g/mol. The van der Waals surface area contributed by atoms with Crippen LogP contribution >= 0.6 is 11.6 Å². The Morgan fingerprint density at radius 2 is 2.31 bits per heavy atom. The zero-order valence-corrected chi connectivity index (χ0v) is 9.92. The van der Waals surface area contributed by atoms with E-state index in [1.54, 1.807) is 7.11 Å². The Morgan fingerprint density at radius 1 is 1.56 bits per heavy atom. The van der Waals surface area contributed by atoms with Gasteiger partial charge in [0.1, 0.15) is 17.2 Å². The normalized spacial score (nSPS) is 17.9. The summed E-state index contributed by atoms with van der Waals surface area (Å²) in [4.78, 5) is 7.85. The van der Waals surface area contributed by atoms with Crippen LogP contribution in [0.15, 0.2) is 6.33 Å². The quantitative estimate of drug-likeness (QED) is 0.841. The fourth-order valence-electron chi connectivity index (χ4n) is 1.78. The highest BCUT2D eigenvalue weighted by Gasteiger charge is 2.36. The largest absolute Gasteiger partial charge is 0.382 e. The second kappa shape index (κ2) is 4.43. The summed E-state index contributed by atoms with van der Waals surface area (Å²) in [5.41, 5.74) is 5.52. The molecular weight excluding hydrogens is 228 g/mol. The van der Waals surface area contributed by atoms with Gasteiger partial charge in [-0.1, -0.05) is 11.6 Å². The Morgan fingerprint density at radius 3 is 2.88 bits per heavy atom. The van der Waals surface area contributed by atoms with Crippen LogP contribution in [-0.2, 0) is 4.74 Å². The van der Waals surface area contributed by atoms with Gasteiger partial charge in [-0.25, -0.2) is 9.97 Å². The van der Waals surface area contributed by atoms with Gasteiger partial charge >= 0.3 is 0 Å². The van der Waals surface area contributed by atoms with Crippen molar-refractivity contribution >= 4 is 23.2 Å². The second-order valence-electron chi connectivity index (χ2n) is 4.02. The van der Waals surface area contributed by atoms with Crippen LogP contribution in [0.3, 0.4) is 0 Å². The van der Waals surface area contributed by atoms with E-state index in [1.807, 2.05) is 0 Å². The lowest BCUT2D eigenvalue weighted by Crippen LogP contribution is -2.45. The van der Waals surface area contributed by atoms with E-state index in [9.17, 15) is 0 Å². The minimum absolute atomic E-state index is 0.0664. The van der Waals surface area contributed by atoms with Crippen LogP contribution in [0.5, 0.6) is 0 Å². The summed E-state index contributed by atoms with van der Waals surface area (Å²) in [7, 11) is 1.73. The lowest BCUT2D eigenvalue weighted by atomic mass is 9.80. The van der Waals surface area contributed by atoms with Crippen LogP contribution < -0.4 is 11.1 Å². The Labute approximate surface area is 99.4 Å². The lowest BCUT2D eigenvalue weighted by Gasteiger charge is -2.40. The van der Waals surface area contributed by atoms with Crippen LogP contribution in [0.25, 0.3) is 0 Å².